The molecule has 0 radical (unpaired) electrons. The lowest BCUT2D eigenvalue weighted by Crippen LogP contribution is -2.44. The predicted molar refractivity (Wildman–Crippen MR) is 60.6 cm³/mol. The standard InChI is InChI=1S/C6H13NO.C6H12/c1-5-6(2)8-4-3-7-5;1-2-4-6-5-3-1/h5-7H,3-4H2,1-2H3;1-6H2. The van der Waals surface area contributed by atoms with E-state index in [2.05, 4.69) is 19.2 Å². The van der Waals surface area contributed by atoms with E-state index in [0.29, 0.717) is 12.1 Å². The van der Waals surface area contributed by atoms with E-state index >= 15 is 0 Å². The van der Waals surface area contributed by atoms with Crippen molar-refractivity contribution < 1.29 is 4.74 Å². The third-order valence-corrected chi connectivity index (χ3v) is 3.15. The number of ether oxygens (including phenoxy) is 1. The molecule has 2 unspecified atom stereocenters. The molecule has 84 valence electrons. The van der Waals surface area contributed by atoms with Crippen molar-refractivity contribution in [3.8, 4) is 0 Å². The first-order valence-electron chi connectivity index (χ1n) is 6.15. The topological polar surface area (TPSA) is 21.3 Å². The number of rotatable bonds is 0. The van der Waals surface area contributed by atoms with Crippen molar-refractivity contribution in [2.75, 3.05) is 13.2 Å². The summed E-state index contributed by atoms with van der Waals surface area (Å²) in [5, 5.41) is 3.31. The molecule has 2 nitrogen and oxygen atoms in total. The van der Waals surface area contributed by atoms with Crippen LogP contribution in [0.5, 0.6) is 0 Å². The van der Waals surface area contributed by atoms with Crippen molar-refractivity contribution >= 4 is 0 Å². The molecular formula is C12H25NO. The van der Waals surface area contributed by atoms with Crippen LogP contribution in [0.15, 0.2) is 0 Å². The van der Waals surface area contributed by atoms with Gasteiger partial charge in [0.15, 0.2) is 0 Å². The van der Waals surface area contributed by atoms with Crippen molar-refractivity contribution in [2.24, 2.45) is 0 Å². The van der Waals surface area contributed by atoms with Crippen molar-refractivity contribution in [2.45, 2.75) is 64.5 Å². The summed E-state index contributed by atoms with van der Waals surface area (Å²) in [6.45, 7) is 6.11. The summed E-state index contributed by atoms with van der Waals surface area (Å²) >= 11 is 0. The van der Waals surface area contributed by atoms with Crippen LogP contribution >= 0.6 is 0 Å². The Morgan fingerprint density at radius 1 is 0.929 bits per heavy atom. The molecule has 1 heterocycles. The lowest BCUT2D eigenvalue weighted by Gasteiger charge is -2.26. The maximum Gasteiger partial charge on any atom is 0.0697 e. The van der Waals surface area contributed by atoms with E-state index in [1.807, 2.05) is 0 Å². The summed E-state index contributed by atoms with van der Waals surface area (Å²) in [5.74, 6) is 0. The van der Waals surface area contributed by atoms with Crippen molar-refractivity contribution in [1.82, 2.24) is 5.32 Å². The Kier molecular flexibility index (Phi) is 6.20. The summed E-state index contributed by atoms with van der Waals surface area (Å²) in [5.41, 5.74) is 0. The van der Waals surface area contributed by atoms with Crippen LogP contribution in [-0.2, 0) is 4.74 Å². The van der Waals surface area contributed by atoms with Gasteiger partial charge in [-0.05, 0) is 13.8 Å². The van der Waals surface area contributed by atoms with E-state index in [0.717, 1.165) is 13.2 Å². The third-order valence-electron chi connectivity index (χ3n) is 3.15. The smallest absolute Gasteiger partial charge is 0.0697 e. The molecule has 1 saturated heterocycles. The Balaban J connectivity index is 0.000000146. The quantitative estimate of drug-likeness (QED) is 0.647. The molecule has 0 amide bonds. The zero-order valence-corrected chi connectivity index (χ0v) is 9.72. The Labute approximate surface area is 88.4 Å². The van der Waals surface area contributed by atoms with Crippen LogP contribution < -0.4 is 5.32 Å². The summed E-state index contributed by atoms with van der Waals surface area (Å²) in [4.78, 5) is 0. The molecule has 14 heavy (non-hydrogen) atoms. The van der Waals surface area contributed by atoms with Gasteiger partial charge < -0.3 is 10.1 Å². The first-order valence-corrected chi connectivity index (χ1v) is 6.15. The van der Waals surface area contributed by atoms with Crippen LogP contribution in [0.3, 0.4) is 0 Å². The van der Waals surface area contributed by atoms with Gasteiger partial charge in [0.25, 0.3) is 0 Å². The average molecular weight is 199 g/mol. The van der Waals surface area contributed by atoms with Gasteiger partial charge in [0.05, 0.1) is 12.7 Å². The van der Waals surface area contributed by atoms with E-state index in [-0.39, 0.29) is 0 Å². The van der Waals surface area contributed by atoms with Gasteiger partial charge in [-0.3, -0.25) is 0 Å². The molecule has 0 aromatic carbocycles. The van der Waals surface area contributed by atoms with Gasteiger partial charge >= 0.3 is 0 Å². The van der Waals surface area contributed by atoms with Crippen LogP contribution in [0.1, 0.15) is 52.4 Å². The van der Waals surface area contributed by atoms with Crippen molar-refractivity contribution in [1.29, 1.82) is 0 Å². The van der Waals surface area contributed by atoms with Crippen LogP contribution in [0.2, 0.25) is 0 Å². The van der Waals surface area contributed by atoms with Crippen LogP contribution in [0, 0.1) is 0 Å². The molecule has 0 spiro atoms. The highest BCUT2D eigenvalue weighted by molar-refractivity contribution is 4.71. The summed E-state index contributed by atoms with van der Waals surface area (Å²) < 4.78 is 5.33. The Bertz CT molecular complexity index is 113. The minimum Gasteiger partial charge on any atom is -0.376 e. The van der Waals surface area contributed by atoms with E-state index in [9.17, 15) is 0 Å². The molecule has 1 aliphatic heterocycles. The molecule has 2 heteroatoms. The zero-order valence-electron chi connectivity index (χ0n) is 9.72. The van der Waals surface area contributed by atoms with E-state index in [1.165, 1.54) is 38.5 Å². The maximum atomic E-state index is 5.33. The van der Waals surface area contributed by atoms with E-state index in [4.69, 9.17) is 4.74 Å². The molecule has 0 bridgehead atoms. The second-order valence-corrected chi connectivity index (χ2v) is 4.44. The monoisotopic (exact) mass is 199 g/mol. The first-order chi connectivity index (χ1) is 6.80. The number of morpholine rings is 1. The van der Waals surface area contributed by atoms with Crippen LogP contribution in [0.25, 0.3) is 0 Å². The first kappa shape index (κ1) is 12.0. The molecule has 2 atom stereocenters. The zero-order chi connectivity index (χ0) is 10.2. The second-order valence-electron chi connectivity index (χ2n) is 4.44. The molecule has 0 aromatic rings. The third kappa shape index (κ3) is 4.97. The molecule has 1 aliphatic carbocycles. The largest absolute Gasteiger partial charge is 0.376 e. The predicted octanol–water partition coefficient (Wildman–Crippen LogP) is 2.72. The molecule has 2 aliphatic rings. The molecule has 1 N–H and O–H groups in total. The Morgan fingerprint density at radius 2 is 1.43 bits per heavy atom. The summed E-state index contributed by atoms with van der Waals surface area (Å²) in [6, 6.07) is 0.531. The fraction of sp³-hybridized carbons (Fsp3) is 1.00. The van der Waals surface area contributed by atoms with E-state index < -0.39 is 0 Å². The van der Waals surface area contributed by atoms with Crippen molar-refractivity contribution in [3.05, 3.63) is 0 Å². The lowest BCUT2D eigenvalue weighted by atomic mass is 10.0. The molecular weight excluding hydrogens is 174 g/mol. The lowest BCUT2D eigenvalue weighted by molar-refractivity contribution is 0.0135. The van der Waals surface area contributed by atoms with Gasteiger partial charge in [-0.25, -0.2) is 0 Å². The summed E-state index contributed by atoms with van der Waals surface area (Å²) in [6.07, 6.45) is 9.39. The van der Waals surface area contributed by atoms with E-state index in [1.54, 1.807) is 0 Å². The van der Waals surface area contributed by atoms with Gasteiger partial charge in [0.1, 0.15) is 0 Å². The van der Waals surface area contributed by atoms with Crippen molar-refractivity contribution in [3.63, 3.8) is 0 Å². The van der Waals surface area contributed by atoms with Crippen LogP contribution in [0.4, 0.5) is 0 Å². The Hall–Kier alpha value is -0.0800. The minimum atomic E-state index is 0.392. The maximum absolute atomic E-state index is 5.33. The van der Waals surface area contributed by atoms with Gasteiger partial charge in [-0.1, -0.05) is 38.5 Å². The second kappa shape index (κ2) is 7.24. The fourth-order valence-electron chi connectivity index (χ4n) is 1.90. The van der Waals surface area contributed by atoms with Gasteiger partial charge in [0, 0.05) is 12.6 Å². The normalized spacial score (nSPS) is 33.0. The number of hydrogen-bond donors (Lipinski definition) is 1. The van der Waals surface area contributed by atoms with Crippen LogP contribution in [-0.4, -0.2) is 25.3 Å². The van der Waals surface area contributed by atoms with Gasteiger partial charge in [0.2, 0.25) is 0 Å². The Morgan fingerprint density at radius 3 is 1.71 bits per heavy atom. The van der Waals surface area contributed by atoms with Gasteiger partial charge in [-0.2, -0.15) is 0 Å². The highest BCUT2D eigenvalue weighted by Crippen LogP contribution is 2.15. The highest BCUT2D eigenvalue weighted by atomic mass is 16.5. The molecule has 2 rings (SSSR count). The molecule has 0 aromatic heterocycles. The minimum absolute atomic E-state index is 0.392. The number of nitrogens with one attached hydrogen (secondary N) is 1. The average Bonchev–Trinajstić information content (AvgIpc) is 2.26. The fourth-order valence-corrected chi connectivity index (χ4v) is 1.90. The summed E-state index contributed by atoms with van der Waals surface area (Å²) in [7, 11) is 0. The van der Waals surface area contributed by atoms with Gasteiger partial charge in [-0.15, -0.1) is 0 Å². The SMILES string of the molecule is C1CCCCC1.CC1NCCOC1C. The molecule has 1 saturated carbocycles. The molecule has 2 fully saturated rings. The highest BCUT2D eigenvalue weighted by Gasteiger charge is 2.15. The number of hydrogen-bond acceptors (Lipinski definition) is 2.